The maximum absolute atomic E-state index is 5.51. The van der Waals surface area contributed by atoms with Crippen LogP contribution in [0.4, 0.5) is 11.6 Å². The summed E-state index contributed by atoms with van der Waals surface area (Å²) >= 11 is 0. The van der Waals surface area contributed by atoms with E-state index in [4.69, 9.17) is 4.74 Å². The van der Waals surface area contributed by atoms with E-state index in [0.29, 0.717) is 0 Å². The fourth-order valence-electron chi connectivity index (χ4n) is 2.62. The molecule has 1 aromatic heterocycles. The van der Waals surface area contributed by atoms with Crippen LogP contribution in [0.3, 0.4) is 0 Å². The zero-order chi connectivity index (χ0) is 13.7. The molecule has 0 spiro atoms. The third-order valence-electron chi connectivity index (χ3n) is 3.82. The molecule has 106 valence electrons. The van der Waals surface area contributed by atoms with Crippen molar-refractivity contribution in [3.05, 3.63) is 6.33 Å². The monoisotopic (exact) mass is 264 g/mol. The standard InChI is InChI=1S/C14H24N4O/c1-4-11-6-8-18(9-7-11)14-12(19-3)13(15-5-2)16-10-17-14/h10-11H,4-9H2,1-3H3,(H,15,16,17). The number of rotatable bonds is 5. The first-order valence-corrected chi connectivity index (χ1v) is 7.17. The Balaban J connectivity index is 2.17. The molecule has 0 radical (unpaired) electrons. The number of hydrogen-bond donors (Lipinski definition) is 1. The highest BCUT2D eigenvalue weighted by molar-refractivity contribution is 5.64. The second-order valence-electron chi connectivity index (χ2n) is 4.95. The summed E-state index contributed by atoms with van der Waals surface area (Å²) in [5.41, 5.74) is 0. The maximum Gasteiger partial charge on any atom is 0.204 e. The van der Waals surface area contributed by atoms with E-state index in [-0.39, 0.29) is 0 Å². The molecule has 0 aliphatic carbocycles. The second-order valence-corrected chi connectivity index (χ2v) is 4.95. The molecule has 0 aromatic carbocycles. The Morgan fingerprint density at radius 1 is 1.32 bits per heavy atom. The molecule has 5 nitrogen and oxygen atoms in total. The summed E-state index contributed by atoms with van der Waals surface area (Å²) in [4.78, 5) is 11.0. The van der Waals surface area contributed by atoms with Gasteiger partial charge in [0, 0.05) is 19.6 Å². The van der Waals surface area contributed by atoms with Crippen molar-refractivity contribution >= 4 is 11.6 Å². The van der Waals surface area contributed by atoms with Crippen molar-refractivity contribution in [3.8, 4) is 5.75 Å². The number of aromatic nitrogens is 2. The third kappa shape index (κ3) is 3.08. The average Bonchev–Trinajstić information content (AvgIpc) is 2.47. The van der Waals surface area contributed by atoms with Crippen LogP contribution in [0.5, 0.6) is 5.75 Å². The Morgan fingerprint density at radius 2 is 2.05 bits per heavy atom. The number of methoxy groups -OCH3 is 1. The lowest BCUT2D eigenvalue weighted by Crippen LogP contribution is -2.34. The lowest BCUT2D eigenvalue weighted by atomic mass is 9.94. The first-order valence-electron chi connectivity index (χ1n) is 7.17. The number of ether oxygens (including phenoxy) is 1. The van der Waals surface area contributed by atoms with E-state index < -0.39 is 0 Å². The smallest absolute Gasteiger partial charge is 0.204 e. The fraction of sp³-hybridized carbons (Fsp3) is 0.714. The number of anilines is 2. The predicted molar refractivity (Wildman–Crippen MR) is 78.0 cm³/mol. The van der Waals surface area contributed by atoms with Crippen LogP contribution < -0.4 is 15.0 Å². The summed E-state index contributed by atoms with van der Waals surface area (Å²) in [7, 11) is 1.68. The highest BCUT2D eigenvalue weighted by Crippen LogP contribution is 2.34. The highest BCUT2D eigenvalue weighted by Gasteiger charge is 2.23. The summed E-state index contributed by atoms with van der Waals surface area (Å²) in [6.45, 7) is 7.25. The maximum atomic E-state index is 5.51. The van der Waals surface area contributed by atoms with Crippen LogP contribution in [0.15, 0.2) is 6.33 Å². The van der Waals surface area contributed by atoms with Gasteiger partial charge in [-0.15, -0.1) is 0 Å². The van der Waals surface area contributed by atoms with Gasteiger partial charge in [0.1, 0.15) is 6.33 Å². The van der Waals surface area contributed by atoms with Gasteiger partial charge in [0.25, 0.3) is 0 Å². The van der Waals surface area contributed by atoms with Gasteiger partial charge in [0.15, 0.2) is 11.6 Å². The molecule has 5 heteroatoms. The largest absolute Gasteiger partial charge is 0.490 e. The van der Waals surface area contributed by atoms with Crippen molar-refractivity contribution in [1.82, 2.24) is 9.97 Å². The molecule has 1 aliphatic rings. The molecule has 0 saturated carbocycles. The molecule has 1 aromatic rings. The topological polar surface area (TPSA) is 50.3 Å². The number of nitrogens with one attached hydrogen (secondary N) is 1. The van der Waals surface area contributed by atoms with Gasteiger partial charge in [0.05, 0.1) is 7.11 Å². The number of piperidine rings is 1. The molecule has 1 saturated heterocycles. The molecule has 0 bridgehead atoms. The molecule has 0 unspecified atom stereocenters. The van der Waals surface area contributed by atoms with Gasteiger partial charge in [0.2, 0.25) is 5.75 Å². The Hall–Kier alpha value is -1.52. The lowest BCUT2D eigenvalue weighted by Gasteiger charge is -2.33. The van der Waals surface area contributed by atoms with Crippen molar-refractivity contribution in [1.29, 1.82) is 0 Å². The van der Waals surface area contributed by atoms with E-state index in [2.05, 4.69) is 27.1 Å². The first kappa shape index (κ1) is 13.9. The van der Waals surface area contributed by atoms with E-state index in [0.717, 1.165) is 42.9 Å². The fourth-order valence-corrected chi connectivity index (χ4v) is 2.62. The van der Waals surface area contributed by atoms with Gasteiger partial charge in [-0.3, -0.25) is 0 Å². The van der Waals surface area contributed by atoms with E-state index >= 15 is 0 Å². The molecule has 1 aliphatic heterocycles. The summed E-state index contributed by atoms with van der Waals surface area (Å²) in [6, 6.07) is 0. The van der Waals surface area contributed by atoms with Crippen molar-refractivity contribution in [2.24, 2.45) is 5.92 Å². The van der Waals surface area contributed by atoms with Crippen molar-refractivity contribution in [3.63, 3.8) is 0 Å². The SMILES string of the molecule is CCNc1ncnc(N2CCC(CC)CC2)c1OC. The molecule has 2 rings (SSSR count). The van der Waals surface area contributed by atoms with Crippen molar-refractivity contribution < 1.29 is 4.74 Å². The van der Waals surface area contributed by atoms with E-state index in [9.17, 15) is 0 Å². The Labute approximate surface area is 115 Å². The van der Waals surface area contributed by atoms with Crippen LogP contribution in [0.2, 0.25) is 0 Å². The Morgan fingerprint density at radius 3 is 2.63 bits per heavy atom. The minimum Gasteiger partial charge on any atom is -0.490 e. The molecule has 2 heterocycles. The van der Waals surface area contributed by atoms with Crippen LogP contribution in [0.25, 0.3) is 0 Å². The third-order valence-corrected chi connectivity index (χ3v) is 3.82. The van der Waals surface area contributed by atoms with Crippen LogP contribution in [-0.4, -0.2) is 36.7 Å². The zero-order valence-corrected chi connectivity index (χ0v) is 12.1. The van der Waals surface area contributed by atoms with E-state index in [1.165, 1.54) is 19.3 Å². The molecule has 19 heavy (non-hydrogen) atoms. The molecule has 1 fully saturated rings. The molecule has 1 N–H and O–H groups in total. The van der Waals surface area contributed by atoms with Gasteiger partial charge in [-0.2, -0.15) is 0 Å². The lowest BCUT2D eigenvalue weighted by molar-refractivity contribution is 0.382. The van der Waals surface area contributed by atoms with Gasteiger partial charge in [-0.1, -0.05) is 13.3 Å². The average molecular weight is 264 g/mol. The van der Waals surface area contributed by atoms with Crippen LogP contribution in [-0.2, 0) is 0 Å². The Kier molecular flexibility index (Phi) is 4.82. The molecular weight excluding hydrogens is 240 g/mol. The number of nitrogens with zero attached hydrogens (tertiary/aromatic N) is 3. The highest BCUT2D eigenvalue weighted by atomic mass is 16.5. The Bertz CT molecular complexity index is 402. The van der Waals surface area contributed by atoms with Crippen LogP contribution in [0.1, 0.15) is 33.1 Å². The molecular formula is C14H24N4O. The normalized spacial score (nSPS) is 16.5. The summed E-state index contributed by atoms with van der Waals surface area (Å²) in [6.07, 6.45) is 5.36. The quantitative estimate of drug-likeness (QED) is 0.885. The second kappa shape index (κ2) is 6.59. The van der Waals surface area contributed by atoms with Crippen molar-refractivity contribution in [2.45, 2.75) is 33.1 Å². The van der Waals surface area contributed by atoms with Gasteiger partial charge in [-0.05, 0) is 25.7 Å². The minimum atomic E-state index is 0.763. The summed E-state index contributed by atoms with van der Waals surface area (Å²) in [5.74, 6) is 3.33. The number of hydrogen-bond acceptors (Lipinski definition) is 5. The van der Waals surface area contributed by atoms with Crippen LogP contribution in [0, 0.1) is 5.92 Å². The van der Waals surface area contributed by atoms with Crippen molar-refractivity contribution in [2.75, 3.05) is 37.0 Å². The van der Waals surface area contributed by atoms with E-state index in [1.807, 2.05) is 6.92 Å². The first-order chi connectivity index (χ1) is 9.30. The van der Waals surface area contributed by atoms with Gasteiger partial charge in [-0.25, -0.2) is 9.97 Å². The summed E-state index contributed by atoms with van der Waals surface area (Å²) < 4.78 is 5.51. The predicted octanol–water partition coefficient (Wildman–Crippen LogP) is 2.54. The van der Waals surface area contributed by atoms with Crippen LogP contribution >= 0.6 is 0 Å². The zero-order valence-electron chi connectivity index (χ0n) is 12.1. The van der Waals surface area contributed by atoms with E-state index in [1.54, 1.807) is 13.4 Å². The molecule has 0 amide bonds. The van der Waals surface area contributed by atoms with Gasteiger partial charge >= 0.3 is 0 Å². The minimum absolute atomic E-state index is 0.763. The summed E-state index contributed by atoms with van der Waals surface area (Å²) in [5, 5.41) is 3.22. The van der Waals surface area contributed by atoms with Gasteiger partial charge < -0.3 is 15.0 Å². The molecule has 0 atom stereocenters.